The van der Waals surface area contributed by atoms with E-state index in [1.807, 2.05) is 6.92 Å². The van der Waals surface area contributed by atoms with Crippen molar-refractivity contribution in [3.05, 3.63) is 11.4 Å². The normalized spacial score (nSPS) is 10.0. The van der Waals surface area contributed by atoms with Crippen LogP contribution in [0.1, 0.15) is 58.8 Å². The molecule has 0 saturated carbocycles. The molecule has 0 aromatic heterocycles. The van der Waals surface area contributed by atoms with Gasteiger partial charge in [-0.05, 0) is 25.3 Å². The van der Waals surface area contributed by atoms with Gasteiger partial charge in [0.25, 0.3) is 0 Å². The van der Waals surface area contributed by atoms with E-state index in [0.717, 1.165) is 12.0 Å². The van der Waals surface area contributed by atoms with Crippen LogP contribution in [0.25, 0.3) is 0 Å². The minimum Gasteiger partial charge on any atom is -0.386 e. The molecular formula is C11H24N2. The maximum atomic E-state index is 5.46. The molecule has 0 fully saturated rings. The Kier molecular flexibility index (Phi) is 7.56. The third kappa shape index (κ3) is 7.69. The van der Waals surface area contributed by atoms with Crippen LogP contribution in [0.15, 0.2) is 11.4 Å². The Hall–Kier alpha value is -0.660. The highest BCUT2D eigenvalue weighted by atomic mass is 14.8. The Balaban J connectivity index is 3.22. The van der Waals surface area contributed by atoms with E-state index in [9.17, 15) is 0 Å². The van der Waals surface area contributed by atoms with E-state index in [2.05, 4.69) is 6.92 Å². The first kappa shape index (κ1) is 12.3. The third-order valence-electron chi connectivity index (χ3n) is 2.40. The summed E-state index contributed by atoms with van der Waals surface area (Å²) in [5.74, 6) is 0.508. The van der Waals surface area contributed by atoms with Crippen molar-refractivity contribution in [1.29, 1.82) is 0 Å². The summed E-state index contributed by atoms with van der Waals surface area (Å²) in [5.41, 5.74) is 12.1. The van der Waals surface area contributed by atoms with E-state index in [4.69, 9.17) is 11.5 Å². The van der Waals surface area contributed by atoms with Crippen LogP contribution in [0.5, 0.6) is 0 Å². The number of rotatable bonds is 7. The summed E-state index contributed by atoms with van der Waals surface area (Å²) < 4.78 is 0. The fraction of sp³-hybridized carbons (Fsp3) is 0.818. The molecule has 0 radical (unpaired) electrons. The first-order chi connectivity index (χ1) is 6.18. The van der Waals surface area contributed by atoms with Crippen LogP contribution in [0.2, 0.25) is 0 Å². The number of allylic oxidation sites excluding steroid dienone is 1. The van der Waals surface area contributed by atoms with Gasteiger partial charge < -0.3 is 11.5 Å². The smallest absolute Gasteiger partial charge is 0.0922 e. The summed E-state index contributed by atoms with van der Waals surface area (Å²) in [5, 5.41) is 0. The van der Waals surface area contributed by atoms with Gasteiger partial charge in [-0.2, -0.15) is 0 Å². The highest BCUT2D eigenvalue weighted by molar-refractivity contribution is 5.03. The Bertz CT molecular complexity index is 146. The molecule has 2 heteroatoms. The largest absolute Gasteiger partial charge is 0.386 e. The van der Waals surface area contributed by atoms with Crippen LogP contribution in [-0.2, 0) is 0 Å². The molecule has 0 aromatic rings. The van der Waals surface area contributed by atoms with Gasteiger partial charge in [-0.25, -0.2) is 0 Å². The minimum absolute atomic E-state index is 0.508. The summed E-state index contributed by atoms with van der Waals surface area (Å²) in [6.45, 7) is 4.25. The molecule has 2 nitrogen and oxygen atoms in total. The van der Waals surface area contributed by atoms with Gasteiger partial charge in [0.1, 0.15) is 0 Å². The molecule has 0 bridgehead atoms. The van der Waals surface area contributed by atoms with Gasteiger partial charge in [0.05, 0.1) is 5.82 Å². The van der Waals surface area contributed by atoms with Crippen LogP contribution in [0.3, 0.4) is 0 Å². The van der Waals surface area contributed by atoms with Crippen molar-refractivity contribution in [3.8, 4) is 0 Å². The SMILES string of the molecule is CCCCCCCCC(C)=C(N)N. The number of hydrogen-bond acceptors (Lipinski definition) is 2. The van der Waals surface area contributed by atoms with Crippen molar-refractivity contribution in [3.63, 3.8) is 0 Å². The maximum Gasteiger partial charge on any atom is 0.0922 e. The molecule has 0 aliphatic heterocycles. The quantitative estimate of drug-likeness (QED) is 0.598. The number of nitrogens with two attached hydrogens (primary N) is 2. The molecule has 0 rings (SSSR count). The summed E-state index contributed by atoms with van der Waals surface area (Å²) in [6.07, 6.45) is 9.01. The Morgan fingerprint density at radius 1 is 0.923 bits per heavy atom. The highest BCUT2D eigenvalue weighted by Crippen LogP contribution is 2.11. The number of unbranched alkanes of at least 4 members (excludes halogenated alkanes) is 5. The zero-order valence-electron chi connectivity index (χ0n) is 9.10. The first-order valence-electron chi connectivity index (χ1n) is 5.39. The van der Waals surface area contributed by atoms with E-state index in [0.29, 0.717) is 5.82 Å². The molecule has 4 N–H and O–H groups in total. The molecule has 13 heavy (non-hydrogen) atoms. The molecule has 0 amide bonds. The van der Waals surface area contributed by atoms with E-state index >= 15 is 0 Å². The van der Waals surface area contributed by atoms with Gasteiger partial charge in [0, 0.05) is 0 Å². The van der Waals surface area contributed by atoms with Crippen LogP contribution in [0, 0.1) is 0 Å². The van der Waals surface area contributed by atoms with E-state index in [-0.39, 0.29) is 0 Å². The summed E-state index contributed by atoms with van der Waals surface area (Å²) in [7, 11) is 0. The molecule has 0 saturated heterocycles. The monoisotopic (exact) mass is 184 g/mol. The molecule has 0 aliphatic rings. The van der Waals surface area contributed by atoms with E-state index in [1.165, 1.54) is 38.5 Å². The van der Waals surface area contributed by atoms with Crippen LogP contribution in [0.4, 0.5) is 0 Å². The Labute approximate surface area is 82.4 Å². The average molecular weight is 184 g/mol. The van der Waals surface area contributed by atoms with Crippen LogP contribution in [-0.4, -0.2) is 0 Å². The average Bonchev–Trinajstić information content (AvgIpc) is 2.10. The molecule has 0 aliphatic carbocycles. The van der Waals surface area contributed by atoms with Crippen molar-refractivity contribution >= 4 is 0 Å². The van der Waals surface area contributed by atoms with Crippen molar-refractivity contribution in [2.45, 2.75) is 58.8 Å². The van der Waals surface area contributed by atoms with Gasteiger partial charge in [0.2, 0.25) is 0 Å². The zero-order chi connectivity index (χ0) is 10.1. The predicted octanol–water partition coefficient (Wildman–Crippen LogP) is 2.89. The molecular weight excluding hydrogens is 160 g/mol. The van der Waals surface area contributed by atoms with Crippen LogP contribution < -0.4 is 11.5 Å². The lowest BCUT2D eigenvalue weighted by atomic mass is 10.1. The van der Waals surface area contributed by atoms with Crippen molar-refractivity contribution < 1.29 is 0 Å². The minimum atomic E-state index is 0.508. The molecule has 0 atom stereocenters. The predicted molar refractivity (Wildman–Crippen MR) is 59.1 cm³/mol. The van der Waals surface area contributed by atoms with E-state index < -0.39 is 0 Å². The molecule has 0 aromatic carbocycles. The standard InChI is InChI=1S/C11H24N2/c1-3-4-5-6-7-8-9-10(2)11(12)13/h3-9,12-13H2,1-2H3. The Morgan fingerprint density at radius 2 is 1.46 bits per heavy atom. The van der Waals surface area contributed by atoms with E-state index in [1.54, 1.807) is 0 Å². The van der Waals surface area contributed by atoms with Gasteiger partial charge >= 0.3 is 0 Å². The van der Waals surface area contributed by atoms with Crippen molar-refractivity contribution in [1.82, 2.24) is 0 Å². The lowest BCUT2D eigenvalue weighted by Gasteiger charge is -2.03. The summed E-state index contributed by atoms with van der Waals surface area (Å²) in [6, 6.07) is 0. The van der Waals surface area contributed by atoms with Gasteiger partial charge in [-0.1, -0.05) is 39.0 Å². The second kappa shape index (κ2) is 7.96. The van der Waals surface area contributed by atoms with Gasteiger partial charge in [-0.15, -0.1) is 0 Å². The molecule has 0 heterocycles. The van der Waals surface area contributed by atoms with Crippen molar-refractivity contribution in [2.24, 2.45) is 11.5 Å². The second-order valence-electron chi connectivity index (χ2n) is 3.75. The highest BCUT2D eigenvalue weighted by Gasteiger charge is 1.94. The number of hydrogen-bond donors (Lipinski definition) is 2. The summed E-state index contributed by atoms with van der Waals surface area (Å²) in [4.78, 5) is 0. The third-order valence-corrected chi connectivity index (χ3v) is 2.40. The second-order valence-corrected chi connectivity index (χ2v) is 3.75. The zero-order valence-corrected chi connectivity index (χ0v) is 9.10. The van der Waals surface area contributed by atoms with Crippen LogP contribution >= 0.6 is 0 Å². The van der Waals surface area contributed by atoms with Crippen molar-refractivity contribution in [2.75, 3.05) is 0 Å². The maximum absolute atomic E-state index is 5.46. The van der Waals surface area contributed by atoms with Gasteiger partial charge in [-0.3, -0.25) is 0 Å². The van der Waals surface area contributed by atoms with Gasteiger partial charge in [0.15, 0.2) is 0 Å². The fourth-order valence-corrected chi connectivity index (χ4v) is 1.31. The molecule has 0 unspecified atom stereocenters. The lowest BCUT2D eigenvalue weighted by Crippen LogP contribution is -2.10. The Morgan fingerprint density at radius 3 is 2.00 bits per heavy atom. The lowest BCUT2D eigenvalue weighted by molar-refractivity contribution is 0.605. The molecule has 78 valence electrons. The fourth-order valence-electron chi connectivity index (χ4n) is 1.31. The first-order valence-corrected chi connectivity index (χ1v) is 5.39. The topological polar surface area (TPSA) is 52.0 Å². The summed E-state index contributed by atoms with van der Waals surface area (Å²) >= 11 is 0. The molecule has 0 spiro atoms.